The lowest BCUT2D eigenvalue weighted by Crippen LogP contribution is -2.04. The maximum absolute atomic E-state index is 10.8. The van der Waals surface area contributed by atoms with Crippen LogP contribution in [0.5, 0.6) is 0 Å². The molecular formula is C40H26N4. The number of nitrogens with zero attached hydrogens (tertiary/aromatic N) is 4. The average Bonchev–Trinajstić information content (AvgIpc) is 3.59. The molecule has 0 aliphatic carbocycles. The molecule has 0 saturated carbocycles. The van der Waals surface area contributed by atoms with E-state index in [9.17, 15) is 10.5 Å². The number of benzene rings is 6. The molecule has 206 valence electrons. The topological polar surface area (TPSA) is 57.4 Å². The molecule has 0 saturated heterocycles. The number of nitriles is 2. The van der Waals surface area contributed by atoms with Gasteiger partial charge < -0.3 is 9.13 Å². The zero-order chi connectivity index (χ0) is 29.9. The summed E-state index contributed by atoms with van der Waals surface area (Å²) >= 11 is 0. The Kier molecular flexibility index (Phi) is 5.66. The monoisotopic (exact) mass is 562 g/mol. The van der Waals surface area contributed by atoms with Crippen LogP contribution in [0.1, 0.15) is 22.3 Å². The fourth-order valence-corrected chi connectivity index (χ4v) is 6.90. The van der Waals surface area contributed by atoms with E-state index in [4.69, 9.17) is 0 Å². The minimum Gasteiger partial charge on any atom is -0.308 e. The van der Waals surface area contributed by atoms with Crippen molar-refractivity contribution in [3.8, 4) is 34.6 Å². The van der Waals surface area contributed by atoms with E-state index in [0.29, 0.717) is 11.1 Å². The van der Waals surface area contributed by atoms with E-state index >= 15 is 0 Å². The van der Waals surface area contributed by atoms with Gasteiger partial charge in [0, 0.05) is 27.1 Å². The lowest BCUT2D eigenvalue weighted by atomic mass is 9.97. The number of rotatable bonds is 3. The predicted molar refractivity (Wildman–Crippen MR) is 179 cm³/mol. The van der Waals surface area contributed by atoms with Gasteiger partial charge >= 0.3 is 0 Å². The largest absolute Gasteiger partial charge is 0.308 e. The number of hydrogen-bond donors (Lipinski definition) is 0. The van der Waals surface area contributed by atoms with E-state index in [0.717, 1.165) is 77.2 Å². The molecule has 0 atom stereocenters. The quantitative estimate of drug-likeness (QED) is 0.215. The van der Waals surface area contributed by atoms with Crippen LogP contribution in [0, 0.1) is 36.5 Å². The summed E-state index contributed by atoms with van der Waals surface area (Å²) in [7, 11) is 0. The first-order chi connectivity index (χ1) is 21.6. The van der Waals surface area contributed by atoms with E-state index in [-0.39, 0.29) is 0 Å². The summed E-state index contributed by atoms with van der Waals surface area (Å²) in [4.78, 5) is 0. The van der Waals surface area contributed by atoms with Crippen molar-refractivity contribution in [2.75, 3.05) is 0 Å². The summed E-state index contributed by atoms with van der Waals surface area (Å²) < 4.78 is 4.52. The van der Waals surface area contributed by atoms with Crippen LogP contribution >= 0.6 is 0 Å². The molecule has 0 N–H and O–H groups in total. The molecule has 4 heteroatoms. The molecule has 0 radical (unpaired) electrons. The first-order valence-corrected chi connectivity index (χ1v) is 14.7. The zero-order valence-corrected chi connectivity index (χ0v) is 24.3. The molecule has 6 aromatic carbocycles. The Morgan fingerprint density at radius 2 is 1.05 bits per heavy atom. The average molecular weight is 563 g/mol. The van der Waals surface area contributed by atoms with Gasteiger partial charge in [0.1, 0.15) is 6.07 Å². The van der Waals surface area contributed by atoms with Gasteiger partial charge in [0.05, 0.1) is 50.6 Å². The van der Waals surface area contributed by atoms with Crippen molar-refractivity contribution in [1.82, 2.24) is 9.13 Å². The van der Waals surface area contributed by atoms with Crippen LogP contribution in [0.2, 0.25) is 0 Å². The van der Waals surface area contributed by atoms with Gasteiger partial charge in [0.25, 0.3) is 0 Å². The summed E-state index contributed by atoms with van der Waals surface area (Å²) in [6.45, 7) is 4.25. The fourth-order valence-electron chi connectivity index (χ4n) is 6.90. The highest BCUT2D eigenvalue weighted by molar-refractivity contribution is 6.12. The third-order valence-electron chi connectivity index (χ3n) is 8.81. The number of para-hydroxylation sites is 4. The predicted octanol–water partition coefficient (Wildman–Crippen LogP) is 9.91. The molecule has 0 spiro atoms. The molecule has 2 aromatic heterocycles. The second-order valence-electron chi connectivity index (χ2n) is 11.3. The van der Waals surface area contributed by atoms with Crippen LogP contribution in [-0.4, -0.2) is 9.13 Å². The number of aromatic nitrogens is 2. The minimum absolute atomic E-state index is 0.575. The van der Waals surface area contributed by atoms with Crippen LogP contribution < -0.4 is 0 Å². The third kappa shape index (κ3) is 3.62. The summed E-state index contributed by atoms with van der Waals surface area (Å²) in [5.41, 5.74) is 11.3. The molecule has 0 amide bonds. The number of aryl methyl sites for hydroxylation is 2. The van der Waals surface area contributed by atoms with Crippen molar-refractivity contribution in [2.24, 2.45) is 0 Å². The molecule has 8 rings (SSSR count). The Balaban J connectivity index is 1.57. The molecule has 0 aliphatic heterocycles. The first-order valence-electron chi connectivity index (χ1n) is 14.7. The Morgan fingerprint density at radius 3 is 1.64 bits per heavy atom. The van der Waals surface area contributed by atoms with Crippen molar-refractivity contribution in [1.29, 1.82) is 10.5 Å². The maximum Gasteiger partial charge on any atom is 0.101 e. The molecule has 2 heterocycles. The van der Waals surface area contributed by atoms with Gasteiger partial charge in [-0.2, -0.15) is 10.5 Å². The Hall–Kier alpha value is -6.10. The standard InChI is InChI=1S/C40H26N4/c1-25-10-7-16-32-30-14-3-5-18-35(30)43(39(25)32)37-22-34(28-13-9-12-27(20-28)23-41)38(21-29(37)24-42)44-36-19-6-4-15-31(36)33-17-8-11-26(2)40(33)44/h3-22H,1-2H3. The molecule has 0 bridgehead atoms. The van der Waals surface area contributed by atoms with E-state index < -0.39 is 0 Å². The van der Waals surface area contributed by atoms with Crippen LogP contribution in [0.4, 0.5) is 0 Å². The normalized spacial score (nSPS) is 11.4. The van der Waals surface area contributed by atoms with E-state index in [1.54, 1.807) is 0 Å². The number of fused-ring (bicyclic) bond motifs is 6. The molecule has 44 heavy (non-hydrogen) atoms. The SMILES string of the molecule is Cc1cccc2c3ccccc3n(-c3cc(-c4cccc(C#N)c4)c(-n4c5ccccc5c5cccc(C)c54)cc3C#N)c12. The molecule has 4 nitrogen and oxygen atoms in total. The summed E-state index contributed by atoms with van der Waals surface area (Å²) in [5.74, 6) is 0. The van der Waals surface area contributed by atoms with Crippen molar-refractivity contribution >= 4 is 43.6 Å². The highest BCUT2D eigenvalue weighted by Gasteiger charge is 2.22. The van der Waals surface area contributed by atoms with Crippen LogP contribution in [0.3, 0.4) is 0 Å². The zero-order valence-electron chi connectivity index (χ0n) is 24.3. The lowest BCUT2D eigenvalue weighted by molar-refractivity contribution is 1.13. The highest BCUT2D eigenvalue weighted by atomic mass is 15.0. The molecule has 0 unspecified atom stereocenters. The van der Waals surface area contributed by atoms with Crippen LogP contribution in [0.15, 0.2) is 121 Å². The van der Waals surface area contributed by atoms with E-state index in [1.807, 2.05) is 36.4 Å². The van der Waals surface area contributed by atoms with E-state index in [2.05, 4.69) is 120 Å². The van der Waals surface area contributed by atoms with Gasteiger partial charge in [0.15, 0.2) is 0 Å². The second-order valence-corrected chi connectivity index (χ2v) is 11.3. The van der Waals surface area contributed by atoms with Gasteiger partial charge in [-0.15, -0.1) is 0 Å². The minimum atomic E-state index is 0.575. The third-order valence-corrected chi connectivity index (χ3v) is 8.81. The van der Waals surface area contributed by atoms with Crippen molar-refractivity contribution < 1.29 is 0 Å². The van der Waals surface area contributed by atoms with Gasteiger partial charge in [-0.1, -0.05) is 84.9 Å². The smallest absolute Gasteiger partial charge is 0.101 e. The molecule has 0 aliphatic rings. The van der Waals surface area contributed by atoms with Gasteiger partial charge in [-0.3, -0.25) is 0 Å². The van der Waals surface area contributed by atoms with Gasteiger partial charge in [-0.05, 0) is 66.9 Å². The Morgan fingerprint density at radius 1 is 0.500 bits per heavy atom. The lowest BCUT2D eigenvalue weighted by Gasteiger charge is -2.19. The van der Waals surface area contributed by atoms with Crippen LogP contribution in [-0.2, 0) is 0 Å². The first kappa shape index (κ1) is 25.6. The fraction of sp³-hybridized carbons (Fsp3) is 0.0500. The summed E-state index contributed by atoms with van der Waals surface area (Å²) in [6, 6.07) is 46.3. The summed E-state index contributed by atoms with van der Waals surface area (Å²) in [6.07, 6.45) is 0. The van der Waals surface area contributed by atoms with Gasteiger partial charge in [-0.25, -0.2) is 0 Å². The van der Waals surface area contributed by atoms with Crippen molar-refractivity contribution in [3.63, 3.8) is 0 Å². The molecular weight excluding hydrogens is 536 g/mol. The van der Waals surface area contributed by atoms with Crippen molar-refractivity contribution in [2.45, 2.75) is 13.8 Å². The molecule has 0 fully saturated rings. The number of hydrogen-bond acceptors (Lipinski definition) is 2. The van der Waals surface area contributed by atoms with E-state index in [1.165, 1.54) is 0 Å². The van der Waals surface area contributed by atoms with Crippen LogP contribution in [0.25, 0.3) is 66.1 Å². The second kappa shape index (κ2) is 9.73. The maximum atomic E-state index is 10.8. The highest BCUT2D eigenvalue weighted by Crippen LogP contribution is 2.41. The Bertz CT molecular complexity index is 2550. The summed E-state index contributed by atoms with van der Waals surface area (Å²) in [5, 5.41) is 25.2. The van der Waals surface area contributed by atoms with Gasteiger partial charge in [0.2, 0.25) is 0 Å². The Labute approximate surface area is 254 Å². The van der Waals surface area contributed by atoms with Crippen molar-refractivity contribution in [3.05, 3.63) is 144 Å². The molecule has 8 aromatic rings.